The lowest BCUT2D eigenvalue weighted by Crippen LogP contribution is -2.39. The largest absolute Gasteiger partial charge is 0.482 e. The van der Waals surface area contributed by atoms with Gasteiger partial charge < -0.3 is 15.4 Å². The molecule has 0 spiro atoms. The average molecular weight is 303 g/mol. The summed E-state index contributed by atoms with van der Waals surface area (Å²) >= 11 is 5.74. The fraction of sp³-hybridized carbons (Fsp3) is 0.385. The Kier molecular flexibility index (Phi) is 6.79. The summed E-state index contributed by atoms with van der Waals surface area (Å²) in [6, 6.07) is 3.60. The molecule has 1 aromatic carbocycles. The van der Waals surface area contributed by atoms with Gasteiger partial charge in [0.2, 0.25) is 5.91 Å². The molecule has 5 nitrogen and oxygen atoms in total. The molecule has 0 bridgehead atoms. The molecule has 0 saturated heterocycles. The van der Waals surface area contributed by atoms with Crippen molar-refractivity contribution in [3.63, 3.8) is 0 Å². The molecule has 0 aromatic heterocycles. The Morgan fingerprint density at radius 2 is 2.05 bits per heavy atom. The molecule has 1 rings (SSSR count). The van der Waals surface area contributed by atoms with E-state index in [1.54, 1.807) is 0 Å². The standard InChI is InChI=1S/C13H16ClFN2O3/c1-2-5-16-12(18)7-17-13(19)8-20-11-4-3-9(15)6-10(11)14/h3-4,6H,2,5,7-8H2,1H3,(H,16,18)(H,17,19). The van der Waals surface area contributed by atoms with Gasteiger partial charge in [0.25, 0.3) is 5.91 Å². The quantitative estimate of drug-likeness (QED) is 0.802. The van der Waals surface area contributed by atoms with Crippen molar-refractivity contribution in [2.75, 3.05) is 19.7 Å². The van der Waals surface area contributed by atoms with E-state index in [1.165, 1.54) is 12.1 Å². The number of carbonyl (C=O) groups excluding carboxylic acids is 2. The van der Waals surface area contributed by atoms with Crippen LogP contribution in [0.1, 0.15) is 13.3 Å². The second-order valence-corrected chi connectivity index (χ2v) is 4.40. The van der Waals surface area contributed by atoms with Gasteiger partial charge in [-0.2, -0.15) is 0 Å². The summed E-state index contributed by atoms with van der Waals surface area (Å²) in [5, 5.41) is 5.10. The molecular formula is C13H16ClFN2O3. The van der Waals surface area contributed by atoms with Crippen molar-refractivity contribution in [2.45, 2.75) is 13.3 Å². The van der Waals surface area contributed by atoms with E-state index >= 15 is 0 Å². The summed E-state index contributed by atoms with van der Waals surface area (Å²) in [6.07, 6.45) is 0.825. The highest BCUT2D eigenvalue weighted by atomic mass is 35.5. The molecule has 0 unspecified atom stereocenters. The van der Waals surface area contributed by atoms with Crippen LogP contribution in [0.2, 0.25) is 5.02 Å². The Balaban J connectivity index is 2.31. The number of ether oxygens (including phenoxy) is 1. The van der Waals surface area contributed by atoms with Gasteiger partial charge in [-0.1, -0.05) is 18.5 Å². The lowest BCUT2D eigenvalue weighted by Gasteiger charge is -2.09. The van der Waals surface area contributed by atoms with Crippen LogP contribution < -0.4 is 15.4 Å². The zero-order chi connectivity index (χ0) is 15.0. The number of carbonyl (C=O) groups is 2. The SMILES string of the molecule is CCCNC(=O)CNC(=O)COc1ccc(F)cc1Cl. The lowest BCUT2D eigenvalue weighted by molar-refractivity contribution is -0.127. The van der Waals surface area contributed by atoms with E-state index in [9.17, 15) is 14.0 Å². The first kappa shape index (κ1) is 16.2. The van der Waals surface area contributed by atoms with Crippen LogP contribution in [0.4, 0.5) is 4.39 Å². The van der Waals surface area contributed by atoms with E-state index in [4.69, 9.17) is 16.3 Å². The maximum absolute atomic E-state index is 12.8. The minimum atomic E-state index is -0.487. The maximum atomic E-state index is 12.8. The summed E-state index contributed by atoms with van der Waals surface area (Å²) in [6.45, 7) is 2.08. The summed E-state index contributed by atoms with van der Waals surface area (Å²) in [5.41, 5.74) is 0. The molecule has 0 heterocycles. The Morgan fingerprint density at radius 1 is 1.30 bits per heavy atom. The number of benzene rings is 1. The van der Waals surface area contributed by atoms with Crippen LogP contribution in [0.3, 0.4) is 0 Å². The van der Waals surface area contributed by atoms with Gasteiger partial charge in [-0.25, -0.2) is 4.39 Å². The Labute approximate surface area is 121 Å². The maximum Gasteiger partial charge on any atom is 0.258 e. The Bertz CT molecular complexity index is 483. The third-order valence-electron chi connectivity index (χ3n) is 2.27. The van der Waals surface area contributed by atoms with E-state index in [0.29, 0.717) is 6.54 Å². The van der Waals surface area contributed by atoms with Crippen molar-refractivity contribution >= 4 is 23.4 Å². The van der Waals surface area contributed by atoms with Crippen molar-refractivity contribution in [1.82, 2.24) is 10.6 Å². The third-order valence-corrected chi connectivity index (χ3v) is 2.57. The average Bonchev–Trinajstić information content (AvgIpc) is 2.41. The topological polar surface area (TPSA) is 67.4 Å². The highest BCUT2D eigenvalue weighted by molar-refractivity contribution is 6.32. The van der Waals surface area contributed by atoms with Crippen LogP contribution in [0.25, 0.3) is 0 Å². The minimum absolute atomic E-state index is 0.0819. The molecular weight excluding hydrogens is 287 g/mol. The molecule has 0 fully saturated rings. The first-order chi connectivity index (χ1) is 9.52. The smallest absolute Gasteiger partial charge is 0.258 e. The second-order valence-electron chi connectivity index (χ2n) is 3.99. The van der Waals surface area contributed by atoms with E-state index in [1.807, 2.05) is 6.92 Å². The molecule has 0 radical (unpaired) electrons. The van der Waals surface area contributed by atoms with E-state index in [-0.39, 0.29) is 29.8 Å². The van der Waals surface area contributed by atoms with Crippen LogP contribution in [0.5, 0.6) is 5.75 Å². The van der Waals surface area contributed by atoms with Gasteiger partial charge in [-0.3, -0.25) is 9.59 Å². The predicted octanol–water partition coefficient (Wildman–Crippen LogP) is 1.50. The van der Waals surface area contributed by atoms with Crippen molar-refractivity contribution < 1.29 is 18.7 Å². The lowest BCUT2D eigenvalue weighted by atomic mass is 10.3. The molecule has 2 amide bonds. The van der Waals surface area contributed by atoms with E-state index in [2.05, 4.69) is 10.6 Å². The number of hydrogen-bond acceptors (Lipinski definition) is 3. The van der Waals surface area contributed by atoms with Gasteiger partial charge in [0.15, 0.2) is 6.61 Å². The molecule has 7 heteroatoms. The molecule has 110 valence electrons. The monoisotopic (exact) mass is 302 g/mol. The minimum Gasteiger partial charge on any atom is -0.482 e. The van der Waals surface area contributed by atoms with Crippen LogP contribution >= 0.6 is 11.6 Å². The van der Waals surface area contributed by atoms with Crippen molar-refractivity contribution in [3.8, 4) is 5.75 Å². The summed E-state index contributed by atoms with van der Waals surface area (Å²) in [7, 11) is 0. The van der Waals surface area contributed by atoms with Crippen LogP contribution in [-0.4, -0.2) is 31.5 Å². The van der Waals surface area contributed by atoms with Crippen molar-refractivity contribution in [3.05, 3.63) is 29.0 Å². The molecule has 0 atom stereocenters. The summed E-state index contributed by atoms with van der Waals surface area (Å²) < 4.78 is 17.9. The normalized spacial score (nSPS) is 9.95. The number of rotatable bonds is 7. The molecule has 0 saturated carbocycles. The van der Waals surface area contributed by atoms with Gasteiger partial charge in [0.05, 0.1) is 11.6 Å². The molecule has 0 aliphatic carbocycles. The van der Waals surface area contributed by atoms with Crippen LogP contribution in [0, 0.1) is 5.82 Å². The fourth-order valence-corrected chi connectivity index (χ4v) is 1.51. The summed E-state index contributed by atoms with van der Waals surface area (Å²) in [4.78, 5) is 22.7. The zero-order valence-corrected chi connectivity index (χ0v) is 11.8. The van der Waals surface area contributed by atoms with Crippen LogP contribution in [0.15, 0.2) is 18.2 Å². The number of hydrogen-bond donors (Lipinski definition) is 2. The zero-order valence-electron chi connectivity index (χ0n) is 11.0. The number of halogens is 2. The highest BCUT2D eigenvalue weighted by Gasteiger charge is 2.08. The summed E-state index contributed by atoms with van der Waals surface area (Å²) in [5.74, 6) is -1.00. The fourth-order valence-electron chi connectivity index (χ4n) is 1.29. The Hall–Kier alpha value is -1.82. The highest BCUT2D eigenvalue weighted by Crippen LogP contribution is 2.24. The second kappa shape index (κ2) is 8.37. The number of amides is 2. The van der Waals surface area contributed by atoms with Gasteiger partial charge in [0, 0.05) is 6.54 Å². The predicted molar refractivity (Wildman–Crippen MR) is 73.2 cm³/mol. The first-order valence-corrected chi connectivity index (χ1v) is 6.52. The van der Waals surface area contributed by atoms with Crippen molar-refractivity contribution in [2.24, 2.45) is 0 Å². The van der Waals surface area contributed by atoms with Gasteiger partial charge in [-0.15, -0.1) is 0 Å². The van der Waals surface area contributed by atoms with Crippen LogP contribution in [-0.2, 0) is 9.59 Å². The van der Waals surface area contributed by atoms with Gasteiger partial charge >= 0.3 is 0 Å². The molecule has 2 N–H and O–H groups in total. The van der Waals surface area contributed by atoms with Gasteiger partial charge in [-0.05, 0) is 24.6 Å². The molecule has 0 aliphatic rings. The van der Waals surface area contributed by atoms with E-state index < -0.39 is 11.7 Å². The molecule has 0 aliphatic heterocycles. The Morgan fingerprint density at radius 3 is 2.70 bits per heavy atom. The molecule has 20 heavy (non-hydrogen) atoms. The van der Waals surface area contributed by atoms with Gasteiger partial charge in [0.1, 0.15) is 11.6 Å². The molecule has 1 aromatic rings. The first-order valence-electron chi connectivity index (χ1n) is 6.14. The van der Waals surface area contributed by atoms with Crippen molar-refractivity contribution in [1.29, 1.82) is 0 Å². The third kappa shape index (κ3) is 5.88. The number of nitrogens with one attached hydrogen (secondary N) is 2. The van der Waals surface area contributed by atoms with E-state index in [0.717, 1.165) is 12.5 Å².